The van der Waals surface area contributed by atoms with Gasteiger partial charge in [-0.1, -0.05) is 11.8 Å². The van der Waals surface area contributed by atoms with E-state index in [1.165, 1.54) is 0 Å². The van der Waals surface area contributed by atoms with E-state index in [0.29, 0.717) is 13.0 Å². The van der Waals surface area contributed by atoms with E-state index in [1.54, 1.807) is 6.20 Å². The fourth-order valence-corrected chi connectivity index (χ4v) is 1.93. The van der Waals surface area contributed by atoms with Crippen LogP contribution in [-0.4, -0.2) is 28.2 Å². The van der Waals surface area contributed by atoms with E-state index in [4.69, 9.17) is 4.74 Å². The van der Waals surface area contributed by atoms with Gasteiger partial charge in [-0.2, -0.15) is 0 Å². The van der Waals surface area contributed by atoms with E-state index < -0.39 is 11.7 Å². The van der Waals surface area contributed by atoms with Gasteiger partial charge in [-0.3, -0.25) is 0 Å². The van der Waals surface area contributed by atoms with E-state index in [-0.39, 0.29) is 0 Å². The second kappa shape index (κ2) is 6.52. The Bertz CT molecular complexity index is 730. The van der Waals surface area contributed by atoms with Crippen LogP contribution >= 0.6 is 0 Å². The number of aromatic nitrogens is 2. The average molecular weight is 299 g/mol. The Kier molecular flexibility index (Phi) is 4.71. The first kappa shape index (κ1) is 15.9. The Morgan fingerprint density at radius 2 is 2.18 bits per heavy atom. The van der Waals surface area contributed by atoms with Crippen LogP contribution in [0, 0.1) is 18.8 Å². The summed E-state index contributed by atoms with van der Waals surface area (Å²) in [6.07, 6.45) is 1.89. The Morgan fingerprint density at radius 1 is 1.41 bits per heavy atom. The summed E-state index contributed by atoms with van der Waals surface area (Å²) in [5, 5.41) is 3.73. The molecule has 2 aromatic heterocycles. The number of fused-ring (bicyclic) bond motifs is 1. The van der Waals surface area contributed by atoms with E-state index in [1.807, 2.05) is 39.8 Å². The molecule has 0 atom stereocenters. The number of aromatic amines is 1. The maximum Gasteiger partial charge on any atom is 0.407 e. The van der Waals surface area contributed by atoms with Gasteiger partial charge in [0.1, 0.15) is 11.2 Å². The maximum absolute atomic E-state index is 11.4. The lowest BCUT2D eigenvalue weighted by molar-refractivity contribution is 0.0529. The number of rotatable bonds is 2. The third kappa shape index (κ3) is 4.81. The molecule has 0 aliphatic heterocycles. The van der Waals surface area contributed by atoms with Gasteiger partial charge < -0.3 is 15.0 Å². The monoisotopic (exact) mass is 299 g/mol. The Morgan fingerprint density at radius 3 is 2.91 bits per heavy atom. The van der Waals surface area contributed by atoms with Gasteiger partial charge in [0.25, 0.3) is 0 Å². The second-order valence-corrected chi connectivity index (χ2v) is 6.09. The van der Waals surface area contributed by atoms with Crippen molar-refractivity contribution in [1.82, 2.24) is 15.3 Å². The highest BCUT2D eigenvalue weighted by molar-refractivity contribution is 5.77. The van der Waals surface area contributed by atoms with E-state index in [9.17, 15) is 4.79 Å². The normalized spacial score (nSPS) is 10.9. The fraction of sp³-hybridized carbons (Fsp3) is 0.412. The van der Waals surface area contributed by atoms with Crippen LogP contribution in [0.15, 0.2) is 18.3 Å². The number of aryl methyl sites for hydroxylation is 1. The Labute approximate surface area is 130 Å². The number of alkyl carbamates (subject to hydrolysis) is 1. The molecule has 2 N–H and O–H groups in total. The van der Waals surface area contributed by atoms with Crippen molar-refractivity contribution in [2.45, 2.75) is 39.7 Å². The second-order valence-electron chi connectivity index (χ2n) is 6.09. The Hall–Kier alpha value is -2.48. The first-order valence-electron chi connectivity index (χ1n) is 7.24. The highest BCUT2D eigenvalue weighted by atomic mass is 16.6. The summed E-state index contributed by atoms with van der Waals surface area (Å²) in [6.45, 7) is 7.95. The molecule has 2 heterocycles. The van der Waals surface area contributed by atoms with Crippen molar-refractivity contribution in [3.05, 3.63) is 29.6 Å². The van der Waals surface area contributed by atoms with Gasteiger partial charge in [0.15, 0.2) is 0 Å². The van der Waals surface area contributed by atoms with Crippen molar-refractivity contribution in [2.24, 2.45) is 0 Å². The number of nitrogens with zero attached hydrogens (tertiary/aromatic N) is 1. The van der Waals surface area contributed by atoms with Gasteiger partial charge in [-0.05, 0) is 39.8 Å². The predicted molar refractivity (Wildman–Crippen MR) is 86.6 cm³/mol. The molecule has 1 amide bonds. The molecule has 0 radical (unpaired) electrons. The smallest absolute Gasteiger partial charge is 0.407 e. The van der Waals surface area contributed by atoms with Crippen LogP contribution in [-0.2, 0) is 4.74 Å². The largest absolute Gasteiger partial charge is 0.444 e. The quantitative estimate of drug-likeness (QED) is 0.661. The van der Waals surface area contributed by atoms with Crippen LogP contribution in [0.2, 0.25) is 0 Å². The van der Waals surface area contributed by atoms with E-state index >= 15 is 0 Å². The first-order valence-corrected chi connectivity index (χ1v) is 7.24. The molecule has 0 bridgehead atoms. The molecule has 2 aromatic rings. The van der Waals surface area contributed by atoms with Crippen LogP contribution in [0.3, 0.4) is 0 Å². The number of ether oxygens (including phenoxy) is 1. The minimum atomic E-state index is -0.481. The van der Waals surface area contributed by atoms with Crippen molar-refractivity contribution in [1.29, 1.82) is 0 Å². The molecule has 0 spiro atoms. The van der Waals surface area contributed by atoms with Crippen molar-refractivity contribution in [2.75, 3.05) is 6.54 Å². The molecule has 0 unspecified atom stereocenters. The van der Waals surface area contributed by atoms with E-state index in [0.717, 1.165) is 22.3 Å². The minimum absolute atomic E-state index is 0.416. The topological polar surface area (TPSA) is 67.0 Å². The summed E-state index contributed by atoms with van der Waals surface area (Å²) in [7, 11) is 0. The third-order valence-electron chi connectivity index (χ3n) is 2.76. The molecule has 0 fully saturated rings. The zero-order valence-corrected chi connectivity index (χ0v) is 13.4. The first-order chi connectivity index (χ1) is 10.3. The number of H-pyrrole nitrogens is 1. The van der Waals surface area contributed by atoms with Crippen molar-refractivity contribution < 1.29 is 9.53 Å². The number of carbonyl (C=O) groups excluding carboxylic acids is 1. The lowest BCUT2D eigenvalue weighted by Gasteiger charge is -2.19. The minimum Gasteiger partial charge on any atom is -0.444 e. The molecule has 0 aromatic carbocycles. The number of hydrogen-bond acceptors (Lipinski definition) is 3. The number of carbonyl (C=O) groups is 1. The van der Waals surface area contributed by atoms with E-state index in [2.05, 4.69) is 27.1 Å². The van der Waals surface area contributed by atoms with Gasteiger partial charge in [0, 0.05) is 35.8 Å². The van der Waals surface area contributed by atoms with Crippen molar-refractivity contribution in [3.63, 3.8) is 0 Å². The van der Waals surface area contributed by atoms with Gasteiger partial charge in [-0.15, -0.1) is 0 Å². The summed E-state index contributed by atoms with van der Waals surface area (Å²) >= 11 is 0. The number of pyridine rings is 1. The summed E-state index contributed by atoms with van der Waals surface area (Å²) in [4.78, 5) is 18.9. The molecule has 5 nitrogen and oxygen atoms in total. The highest BCUT2D eigenvalue weighted by Crippen LogP contribution is 2.13. The molecule has 2 rings (SSSR count). The predicted octanol–water partition coefficient (Wildman–Crippen LogP) is 3.14. The lowest BCUT2D eigenvalue weighted by atomic mass is 10.2. The van der Waals surface area contributed by atoms with Gasteiger partial charge in [0.2, 0.25) is 0 Å². The van der Waals surface area contributed by atoms with Crippen LogP contribution in [0.4, 0.5) is 4.79 Å². The Balaban J connectivity index is 1.84. The lowest BCUT2D eigenvalue weighted by Crippen LogP contribution is -2.32. The standard InChI is InChI=1S/C17H21N3O2/c1-12-9-14-10-13(11-19-15(14)20-12)7-5-6-8-18-16(21)22-17(2,3)4/h9-11H,6,8H2,1-4H3,(H,18,21)(H,19,20). The highest BCUT2D eigenvalue weighted by Gasteiger charge is 2.15. The summed E-state index contributed by atoms with van der Waals surface area (Å²) < 4.78 is 5.14. The molecule has 0 aliphatic carbocycles. The summed E-state index contributed by atoms with van der Waals surface area (Å²) in [5.41, 5.74) is 2.33. The molecule has 116 valence electrons. The van der Waals surface area contributed by atoms with Crippen molar-refractivity contribution >= 4 is 17.1 Å². The molecular formula is C17H21N3O2. The molecule has 0 saturated carbocycles. The molecule has 5 heteroatoms. The van der Waals surface area contributed by atoms with Crippen LogP contribution in [0.25, 0.3) is 11.0 Å². The van der Waals surface area contributed by atoms with Gasteiger partial charge in [0.05, 0.1) is 0 Å². The van der Waals surface area contributed by atoms with Gasteiger partial charge >= 0.3 is 6.09 Å². The zero-order chi connectivity index (χ0) is 16.2. The molecular weight excluding hydrogens is 278 g/mol. The average Bonchev–Trinajstić information content (AvgIpc) is 2.75. The van der Waals surface area contributed by atoms with Crippen LogP contribution in [0.1, 0.15) is 38.4 Å². The maximum atomic E-state index is 11.4. The van der Waals surface area contributed by atoms with Crippen LogP contribution < -0.4 is 5.32 Å². The molecule has 0 saturated heterocycles. The number of amides is 1. The van der Waals surface area contributed by atoms with Crippen LogP contribution in [0.5, 0.6) is 0 Å². The molecule has 22 heavy (non-hydrogen) atoms. The summed E-state index contributed by atoms with van der Waals surface area (Å²) in [6, 6.07) is 4.04. The number of hydrogen-bond donors (Lipinski definition) is 2. The fourth-order valence-electron chi connectivity index (χ4n) is 1.93. The SMILES string of the molecule is Cc1cc2cc(C#CCCNC(=O)OC(C)(C)C)cnc2[nH]1. The van der Waals surface area contributed by atoms with Gasteiger partial charge in [-0.25, -0.2) is 9.78 Å². The van der Waals surface area contributed by atoms with Crippen molar-refractivity contribution in [3.8, 4) is 11.8 Å². The third-order valence-corrected chi connectivity index (χ3v) is 2.76. The molecule has 0 aliphatic rings. The number of nitrogens with one attached hydrogen (secondary N) is 2. The summed E-state index contributed by atoms with van der Waals surface area (Å²) in [5.74, 6) is 6.07. The zero-order valence-electron chi connectivity index (χ0n) is 13.4.